The molecule has 1 aromatic carbocycles. The van der Waals surface area contributed by atoms with Gasteiger partial charge in [-0.25, -0.2) is 8.42 Å². The molecule has 5 nitrogen and oxygen atoms in total. The van der Waals surface area contributed by atoms with E-state index in [0.29, 0.717) is 5.92 Å². The number of carbonyl (C=O) groups is 1. The molecular weight excluding hydrogens is 306 g/mol. The highest BCUT2D eigenvalue weighted by Crippen LogP contribution is 2.26. The van der Waals surface area contributed by atoms with Gasteiger partial charge in [0.25, 0.3) is 0 Å². The lowest BCUT2D eigenvalue weighted by Crippen LogP contribution is -2.32. The number of esters is 1. The number of hydrogen-bond donors (Lipinski definition) is 0. The fourth-order valence-electron chi connectivity index (χ4n) is 1.52. The average Bonchev–Trinajstić information content (AvgIpc) is 2.36. The van der Waals surface area contributed by atoms with Crippen molar-refractivity contribution >= 4 is 16.1 Å². The van der Waals surface area contributed by atoms with Gasteiger partial charge in [0.1, 0.15) is 12.2 Å². The maximum atomic E-state index is 12.9. The first-order valence-electron chi connectivity index (χ1n) is 6.20. The minimum Gasteiger partial charge on any atom is -0.743 e. The molecule has 0 bridgehead atoms. The van der Waals surface area contributed by atoms with Crippen molar-refractivity contribution in [2.75, 3.05) is 0 Å². The molecule has 0 aliphatic rings. The molecule has 0 saturated carbocycles. The number of alkyl halides is 2. The molecule has 1 atom stereocenters. The SMILES string of the molecule is CCC(C)c1ccc(OC(=O)CC(F)(F)S(=O)(=O)[O-])cc1. The van der Waals surface area contributed by atoms with Gasteiger partial charge in [-0.3, -0.25) is 4.79 Å². The topological polar surface area (TPSA) is 83.5 Å². The summed E-state index contributed by atoms with van der Waals surface area (Å²) in [5, 5.41) is -4.68. The van der Waals surface area contributed by atoms with Crippen LogP contribution in [-0.4, -0.2) is 24.2 Å². The van der Waals surface area contributed by atoms with E-state index in [1.165, 1.54) is 12.1 Å². The number of carbonyl (C=O) groups excluding carboxylic acids is 1. The summed E-state index contributed by atoms with van der Waals surface area (Å²) in [5.74, 6) is -1.19. The van der Waals surface area contributed by atoms with E-state index in [1.54, 1.807) is 12.1 Å². The molecule has 0 aliphatic heterocycles. The highest BCUT2D eigenvalue weighted by Gasteiger charge is 2.40. The van der Waals surface area contributed by atoms with Crippen molar-refractivity contribution in [3.8, 4) is 5.75 Å². The first kappa shape index (κ1) is 17.5. The van der Waals surface area contributed by atoms with Gasteiger partial charge in [0, 0.05) is 0 Å². The predicted octanol–water partition coefficient (Wildman–Crippen LogP) is 2.63. The summed E-state index contributed by atoms with van der Waals surface area (Å²) in [4.78, 5) is 11.2. The Hall–Kier alpha value is -1.54. The first-order valence-corrected chi connectivity index (χ1v) is 7.61. The van der Waals surface area contributed by atoms with Gasteiger partial charge >= 0.3 is 11.2 Å². The van der Waals surface area contributed by atoms with Crippen LogP contribution in [0.1, 0.15) is 38.2 Å². The van der Waals surface area contributed by atoms with Gasteiger partial charge in [-0.2, -0.15) is 8.78 Å². The molecule has 1 rings (SSSR count). The molecule has 0 aromatic heterocycles. The van der Waals surface area contributed by atoms with Crippen LogP contribution >= 0.6 is 0 Å². The van der Waals surface area contributed by atoms with Crippen molar-refractivity contribution in [2.24, 2.45) is 0 Å². The van der Waals surface area contributed by atoms with Crippen molar-refractivity contribution in [3.05, 3.63) is 29.8 Å². The molecule has 0 heterocycles. The second kappa shape index (κ2) is 6.48. The van der Waals surface area contributed by atoms with Crippen molar-refractivity contribution in [1.82, 2.24) is 0 Å². The highest BCUT2D eigenvalue weighted by atomic mass is 32.2. The van der Waals surface area contributed by atoms with E-state index in [4.69, 9.17) is 0 Å². The molecule has 118 valence electrons. The van der Waals surface area contributed by atoms with E-state index in [-0.39, 0.29) is 5.75 Å². The Morgan fingerprint density at radius 2 is 1.86 bits per heavy atom. The Morgan fingerprint density at radius 3 is 2.29 bits per heavy atom. The molecule has 1 unspecified atom stereocenters. The predicted molar refractivity (Wildman–Crippen MR) is 70.0 cm³/mol. The van der Waals surface area contributed by atoms with Gasteiger partial charge in [-0.1, -0.05) is 26.0 Å². The van der Waals surface area contributed by atoms with E-state index < -0.39 is 27.8 Å². The smallest absolute Gasteiger partial charge is 0.344 e. The maximum Gasteiger partial charge on any atom is 0.344 e. The Bertz CT molecular complexity index is 595. The van der Waals surface area contributed by atoms with Gasteiger partial charge in [0.15, 0.2) is 10.1 Å². The lowest BCUT2D eigenvalue weighted by molar-refractivity contribution is -0.138. The van der Waals surface area contributed by atoms with Crippen LogP contribution in [0.4, 0.5) is 8.78 Å². The number of benzene rings is 1. The number of halogens is 2. The third kappa shape index (κ3) is 4.75. The second-order valence-electron chi connectivity index (χ2n) is 4.62. The van der Waals surface area contributed by atoms with Gasteiger partial charge in [-0.05, 0) is 30.0 Å². The van der Waals surface area contributed by atoms with Crippen LogP contribution in [-0.2, 0) is 14.9 Å². The molecule has 8 heteroatoms. The molecule has 0 spiro atoms. The Labute approximate surface area is 121 Å². The zero-order chi connectivity index (χ0) is 16.3. The summed E-state index contributed by atoms with van der Waals surface area (Å²) in [5.41, 5.74) is 0.991. The molecule has 0 radical (unpaired) electrons. The molecule has 1 aromatic rings. The van der Waals surface area contributed by atoms with E-state index in [1.807, 2.05) is 13.8 Å². The number of ether oxygens (including phenoxy) is 1. The normalized spacial score (nSPS) is 13.8. The van der Waals surface area contributed by atoms with Crippen molar-refractivity contribution < 1.29 is 31.3 Å². The van der Waals surface area contributed by atoms with Gasteiger partial charge < -0.3 is 9.29 Å². The van der Waals surface area contributed by atoms with Crippen LogP contribution in [0.15, 0.2) is 24.3 Å². The Balaban J connectivity index is 2.72. The largest absolute Gasteiger partial charge is 0.743 e. The zero-order valence-corrected chi connectivity index (χ0v) is 12.3. The third-order valence-electron chi connectivity index (χ3n) is 3.01. The highest BCUT2D eigenvalue weighted by molar-refractivity contribution is 7.86. The minimum absolute atomic E-state index is 0.00569. The van der Waals surface area contributed by atoms with Crippen LogP contribution < -0.4 is 4.74 Å². The molecule has 0 amide bonds. The lowest BCUT2D eigenvalue weighted by atomic mass is 9.99. The molecular formula is C13H15F2O5S-. The lowest BCUT2D eigenvalue weighted by Gasteiger charge is -2.18. The van der Waals surface area contributed by atoms with Crippen molar-refractivity contribution in [2.45, 2.75) is 37.9 Å². The third-order valence-corrected chi connectivity index (χ3v) is 3.88. The number of rotatable bonds is 6. The summed E-state index contributed by atoms with van der Waals surface area (Å²) in [6, 6.07) is 6.20. The molecule has 0 N–H and O–H groups in total. The molecule has 0 aliphatic carbocycles. The van der Waals surface area contributed by atoms with E-state index in [0.717, 1.165) is 12.0 Å². The number of hydrogen-bond acceptors (Lipinski definition) is 5. The molecule has 0 fully saturated rings. The zero-order valence-electron chi connectivity index (χ0n) is 11.5. The van der Waals surface area contributed by atoms with Crippen LogP contribution in [0, 0.1) is 0 Å². The molecule has 0 saturated heterocycles. The average molecular weight is 321 g/mol. The standard InChI is InChI=1S/C13H16F2O5S/c1-3-9(2)10-4-6-11(7-5-10)20-12(16)8-13(14,15)21(17,18)19/h4-7,9H,3,8H2,1-2H3,(H,17,18,19)/p-1. The Kier molecular flexibility index (Phi) is 5.41. The maximum absolute atomic E-state index is 12.9. The first-order chi connectivity index (χ1) is 9.56. The van der Waals surface area contributed by atoms with Crippen molar-refractivity contribution in [3.63, 3.8) is 0 Å². The van der Waals surface area contributed by atoms with Gasteiger partial charge in [0.05, 0.1) is 0 Å². The quantitative estimate of drug-likeness (QED) is 0.457. The summed E-state index contributed by atoms with van der Waals surface area (Å²) < 4.78 is 61.2. The Morgan fingerprint density at radius 1 is 1.33 bits per heavy atom. The monoisotopic (exact) mass is 321 g/mol. The van der Waals surface area contributed by atoms with Gasteiger partial charge in [-0.15, -0.1) is 0 Å². The minimum atomic E-state index is -5.90. The summed E-state index contributed by atoms with van der Waals surface area (Å²) in [6.07, 6.45) is -0.904. The van der Waals surface area contributed by atoms with E-state index in [9.17, 15) is 26.5 Å². The van der Waals surface area contributed by atoms with E-state index in [2.05, 4.69) is 4.74 Å². The van der Waals surface area contributed by atoms with Crippen LogP contribution in [0.25, 0.3) is 0 Å². The fourth-order valence-corrected chi connectivity index (χ4v) is 1.82. The fraction of sp³-hybridized carbons (Fsp3) is 0.462. The second-order valence-corrected chi connectivity index (χ2v) is 6.13. The van der Waals surface area contributed by atoms with Crippen LogP contribution in [0.2, 0.25) is 0 Å². The summed E-state index contributed by atoms with van der Waals surface area (Å²) in [7, 11) is -5.90. The summed E-state index contributed by atoms with van der Waals surface area (Å²) >= 11 is 0. The van der Waals surface area contributed by atoms with Crippen molar-refractivity contribution in [1.29, 1.82) is 0 Å². The summed E-state index contributed by atoms with van der Waals surface area (Å²) in [6.45, 7) is 4.00. The van der Waals surface area contributed by atoms with Crippen LogP contribution in [0.5, 0.6) is 5.75 Å². The van der Waals surface area contributed by atoms with Gasteiger partial charge in [0.2, 0.25) is 0 Å². The van der Waals surface area contributed by atoms with E-state index >= 15 is 0 Å². The van der Waals surface area contributed by atoms with Crippen LogP contribution in [0.3, 0.4) is 0 Å². The molecule has 21 heavy (non-hydrogen) atoms.